The molecule has 0 saturated heterocycles. The zero-order chi connectivity index (χ0) is 95.6. The van der Waals surface area contributed by atoms with E-state index in [0.717, 1.165) is 190 Å². The molecule has 0 unspecified atom stereocenters. The Morgan fingerprint density at radius 1 is 0.368 bits per heavy atom. The van der Waals surface area contributed by atoms with Gasteiger partial charge in [0.05, 0.1) is 20.3 Å². The summed E-state index contributed by atoms with van der Waals surface area (Å²) in [4.78, 5) is 77.0. The molecule has 0 atom stereocenters. The van der Waals surface area contributed by atoms with Crippen molar-refractivity contribution in [2.75, 3.05) is 75.7 Å². The summed E-state index contributed by atoms with van der Waals surface area (Å²) in [6, 6.07) is 20.1. The number of ether oxygens (including phenoxy) is 4. The Balaban J connectivity index is 0.000000121. The third kappa shape index (κ3) is 17.9. The van der Waals surface area contributed by atoms with Crippen molar-refractivity contribution in [1.29, 1.82) is 0 Å². The summed E-state index contributed by atoms with van der Waals surface area (Å²) >= 11 is 0. The largest absolute Gasteiger partial charge is 0.481 e. The van der Waals surface area contributed by atoms with E-state index < -0.39 is 63.1 Å². The molecule has 12 N–H and O–H groups in total. The van der Waals surface area contributed by atoms with Gasteiger partial charge in [-0.2, -0.15) is 19.9 Å². The summed E-state index contributed by atoms with van der Waals surface area (Å²) in [6.45, 7) is 8.06. The number of hydrogen-bond donors (Lipinski definition) is 8. The molecule has 136 heavy (non-hydrogen) atoms. The van der Waals surface area contributed by atoms with Gasteiger partial charge in [0, 0.05) is 105 Å². The van der Waals surface area contributed by atoms with Crippen molar-refractivity contribution in [3.63, 3.8) is 0 Å². The van der Waals surface area contributed by atoms with E-state index in [2.05, 4.69) is 102 Å². The summed E-state index contributed by atoms with van der Waals surface area (Å²) in [5, 5.41) is 62.9. The van der Waals surface area contributed by atoms with Crippen LogP contribution in [0.5, 0.6) is 0 Å². The smallest absolute Gasteiger partial charge is 0.309 e. The number of aromatic nitrogens is 16. The first-order valence-corrected chi connectivity index (χ1v) is 50.8. The number of nitrogens with zero attached hydrogens (tertiary/aromatic N) is 24. The molecule has 0 bridgehead atoms. The SMILES string of the molecule is CC(=O)OC1=NN(C)c2cc3cnc(Nc4ccc(S(N)(=O)=O)cn4)nc3n2C12CCCCC2.CCN1N=C(OC(C)=O)C2(CCCCC2)n2c1cc1cnc(Nc3ccc(S(N)(=O)=O)cn3)nc12.CCN1N=C(OC)C2(CCCCC2)n2c1cc1cnc(Nc3ccc(S(N)(=O)=O)cn3)nc12.COC1=NN(C2CC2)c2cc3cnc(Nc4ccc(S(N)(=O)=O)cn4)nc3n2C12CCCCC2. The number of carbonyl (C=O) groups is 2. The van der Waals surface area contributed by atoms with Gasteiger partial charge in [0.1, 0.15) is 111 Å². The lowest BCUT2D eigenvalue weighted by Crippen LogP contribution is -2.50. The highest BCUT2D eigenvalue weighted by atomic mass is 32.2. The highest BCUT2D eigenvalue weighted by Gasteiger charge is 2.53. The van der Waals surface area contributed by atoms with E-state index in [1.165, 1.54) is 100 Å². The Hall–Kier alpha value is -13.7. The van der Waals surface area contributed by atoms with E-state index in [1.54, 1.807) is 56.1 Å². The molecule has 50 heteroatoms. The molecule has 4 spiro atoms. The quantitative estimate of drug-likeness (QED) is 0.0442. The average molecular weight is 1940 g/mol. The maximum atomic E-state index is 12.0. The number of primary sulfonamides is 4. The minimum Gasteiger partial charge on any atom is -0.481 e. The number of rotatable bonds is 15. The summed E-state index contributed by atoms with van der Waals surface area (Å²) in [6.07, 6.45) is 33.6. The summed E-state index contributed by atoms with van der Waals surface area (Å²) < 4.78 is 124. The fourth-order valence-electron chi connectivity index (χ4n) is 19.3. The molecular formula is C86H102N32O14S4. The van der Waals surface area contributed by atoms with Crippen molar-refractivity contribution in [2.45, 2.75) is 217 Å². The summed E-state index contributed by atoms with van der Waals surface area (Å²) in [5.74, 6) is 7.97. The molecular weight excluding hydrogens is 1830 g/mol. The molecule has 0 radical (unpaired) electrons. The van der Waals surface area contributed by atoms with Gasteiger partial charge in [0.25, 0.3) is 0 Å². The monoisotopic (exact) mass is 1930 g/mol. The van der Waals surface area contributed by atoms with Crippen molar-refractivity contribution < 1.29 is 62.2 Å². The number of fused-ring (bicyclic) bond motifs is 16. The second-order valence-electron chi connectivity index (χ2n) is 34.6. The van der Waals surface area contributed by atoms with Gasteiger partial charge in [-0.25, -0.2) is 114 Å². The first-order valence-electron chi connectivity index (χ1n) is 44.6. The number of pyridine rings is 4. The Morgan fingerprint density at radius 2 is 0.640 bits per heavy atom. The molecule has 21 rings (SSSR count). The number of nitrogens with two attached hydrogens (primary N) is 4. The van der Waals surface area contributed by atoms with Gasteiger partial charge in [0.2, 0.25) is 87.5 Å². The molecule has 0 amide bonds. The third-order valence-corrected chi connectivity index (χ3v) is 29.2. The van der Waals surface area contributed by atoms with Crippen LogP contribution < -0.4 is 61.9 Å². The maximum Gasteiger partial charge on any atom is 0.309 e. The highest BCUT2D eigenvalue weighted by Crippen LogP contribution is 2.52. The van der Waals surface area contributed by atoms with Gasteiger partial charge in [-0.3, -0.25) is 27.9 Å². The summed E-state index contributed by atoms with van der Waals surface area (Å²) in [7, 11) is -10.1. The van der Waals surface area contributed by atoms with Gasteiger partial charge in [-0.15, -0.1) is 20.4 Å². The van der Waals surface area contributed by atoms with Crippen molar-refractivity contribution in [2.24, 2.45) is 41.0 Å². The number of anilines is 12. The minimum atomic E-state index is -3.84. The van der Waals surface area contributed by atoms with Crippen LogP contribution in [-0.2, 0) is 90.8 Å². The Labute approximate surface area is 781 Å². The minimum absolute atomic E-state index is 0.0547. The van der Waals surface area contributed by atoms with Crippen LogP contribution in [0, 0.1) is 0 Å². The highest BCUT2D eigenvalue weighted by molar-refractivity contribution is 7.90. The second-order valence-corrected chi connectivity index (χ2v) is 40.8. The van der Waals surface area contributed by atoms with E-state index >= 15 is 0 Å². The van der Waals surface area contributed by atoms with E-state index in [9.17, 15) is 43.3 Å². The van der Waals surface area contributed by atoms with Crippen LogP contribution in [-0.4, -0.2) is 188 Å². The van der Waals surface area contributed by atoms with Crippen LogP contribution >= 0.6 is 0 Å². The Bertz CT molecular complexity index is 7270. The Kier molecular flexibility index (Phi) is 24.9. The molecule has 9 aliphatic rings. The molecule has 16 heterocycles. The molecule has 5 saturated carbocycles. The number of carbonyl (C=O) groups excluding carboxylic acids is 2. The predicted molar refractivity (Wildman–Crippen MR) is 507 cm³/mol. The van der Waals surface area contributed by atoms with Gasteiger partial charge in [-0.1, -0.05) is 77.0 Å². The van der Waals surface area contributed by atoms with E-state index in [4.69, 9.17) is 74.7 Å². The zero-order valence-electron chi connectivity index (χ0n) is 75.5. The first-order chi connectivity index (χ1) is 65.1. The number of hydrogen-bond acceptors (Lipinski definition) is 38. The first kappa shape index (κ1) is 92.8. The van der Waals surface area contributed by atoms with E-state index in [1.807, 2.05) is 31.0 Å². The molecule has 0 aromatic carbocycles. The standard InChI is InChI=1S/C22H26N8O4S.C22H26N8O3S.C21H24N8O4S.C21H26N8O3S/c1-3-29-18-11-15-12-25-21(26-17-8-7-16(13-24-17)35(23,32)33)27-19(15)30(18)22(9-5-4-6-10-22)20(28-29)34-14(2)31;1-33-20-22(9-3-2-4-10-22)29-18(30(28-20)15-5-6-15)11-14-12-25-21(27-19(14)29)26-17-8-7-16(13-24-17)34(23,31)32;1-13(30)33-19-21(8-4-3-5-9-21)29-17(28(2)27-19)10-14-11-24-20(26-18(14)29)25-16-7-6-15(12-23-16)34(22,31)32;1-3-28-17-11-14-12-24-20(25-16-8-7-15(13-23-16)33(22,30)31)26-18(14)29(17)21(19(27-28)32-2)9-5-4-6-10-21/h7-8,11-13H,3-6,9-10H2,1-2H3,(H2,23,32,33)(H,24,25,26,27);7-8,11-13,15H,2-6,9-10H2,1H3,(H2,23,31,32)(H,24,25,26,27);6-7,10-12H,3-5,8-9H2,1-2H3,(H2,22,31,32)(H,23,24,25,26);7-8,11-13H,3-6,9-10H2,1-2H3,(H2,22,30,31)(H,23,24,25,26). The van der Waals surface area contributed by atoms with Crippen LogP contribution in [0.15, 0.2) is 162 Å². The fourth-order valence-corrected chi connectivity index (χ4v) is 21.1. The molecule has 5 aliphatic carbocycles. The lowest BCUT2D eigenvalue weighted by atomic mass is 9.80. The van der Waals surface area contributed by atoms with Crippen molar-refractivity contribution >= 4 is 190 Å². The van der Waals surface area contributed by atoms with E-state index in [-0.39, 0.29) is 36.6 Å². The molecule has 12 aromatic rings. The zero-order valence-corrected chi connectivity index (χ0v) is 78.8. The second kappa shape index (κ2) is 36.5. The third-order valence-electron chi connectivity index (χ3n) is 25.6. The maximum absolute atomic E-state index is 12.0. The normalized spacial score (nSPS) is 18.0. The number of esters is 2. The van der Waals surface area contributed by atoms with Crippen LogP contribution in [0.25, 0.3) is 44.1 Å². The van der Waals surface area contributed by atoms with Crippen molar-refractivity contribution in [1.82, 2.24) is 78.1 Å². The van der Waals surface area contributed by atoms with Gasteiger partial charge < -0.3 is 40.2 Å². The van der Waals surface area contributed by atoms with Gasteiger partial charge in [0.15, 0.2) is 0 Å². The van der Waals surface area contributed by atoms with Gasteiger partial charge >= 0.3 is 11.9 Å². The lowest BCUT2D eigenvalue weighted by molar-refractivity contribution is -0.134. The molecule has 12 aromatic heterocycles. The van der Waals surface area contributed by atoms with E-state index in [0.29, 0.717) is 89.2 Å². The van der Waals surface area contributed by atoms with Crippen LogP contribution in [0.3, 0.4) is 0 Å². The fraction of sp³-hybridized carbons (Fsp3) is 0.419. The van der Waals surface area contributed by atoms with Crippen LogP contribution in [0.1, 0.15) is 169 Å². The average Bonchev–Trinajstić information content (AvgIpc) is 1.56. The molecule has 46 nitrogen and oxygen atoms in total. The number of nitrogens with one attached hydrogen (secondary N) is 4. The molecule has 714 valence electrons. The molecule has 4 aliphatic heterocycles. The predicted octanol–water partition coefficient (Wildman–Crippen LogP) is 10.3. The number of sulfonamides is 4. The number of methoxy groups -OCH3 is 2. The van der Waals surface area contributed by atoms with Crippen LogP contribution in [0.4, 0.5) is 70.3 Å². The van der Waals surface area contributed by atoms with Gasteiger partial charge in [-0.05, 0) is 151 Å². The van der Waals surface area contributed by atoms with Crippen molar-refractivity contribution in [3.8, 4) is 0 Å². The molecule has 5 fully saturated rings. The Morgan fingerprint density at radius 3 is 0.919 bits per heavy atom. The lowest BCUT2D eigenvalue weighted by Gasteiger charge is -2.44. The van der Waals surface area contributed by atoms with Crippen molar-refractivity contribution in [3.05, 3.63) is 122 Å². The van der Waals surface area contributed by atoms with Crippen LogP contribution in [0.2, 0.25) is 0 Å². The number of hydrazone groups is 4. The topological polar surface area (TPSA) is 597 Å². The summed E-state index contributed by atoms with van der Waals surface area (Å²) in [5.41, 5.74) is 0.967.